The number of carbonyl (C=O) groups is 1. The van der Waals surface area contributed by atoms with Crippen molar-refractivity contribution in [2.75, 3.05) is 13.1 Å². The largest absolute Gasteiger partial charge is 0.306 e. The number of pyridine rings is 1. The van der Waals surface area contributed by atoms with Crippen LogP contribution in [0.1, 0.15) is 29.6 Å². The van der Waals surface area contributed by atoms with Gasteiger partial charge in [-0.1, -0.05) is 0 Å². The first-order valence-corrected chi connectivity index (χ1v) is 10.1. The lowest BCUT2D eigenvalue weighted by atomic mass is 10.2. The Morgan fingerprint density at radius 3 is 2.62 bits per heavy atom. The second kappa shape index (κ2) is 5.91. The highest BCUT2D eigenvalue weighted by atomic mass is 32.2. The highest BCUT2D eigenvalue weighted by Crippen LogP contribution is 2.33. The molecule has 0 N–H and O–H groups in total. The zero-order chi connectivity index (χ0) is 16.7. The molecule has 7 nitrogen and oxygen atoms in total. The molecule has 2 fully saturated rings. The van der Waals surface area contributed by atoms with E-state index in [4.69, 9.17) is 0 Å². The predicted molar refractivity (Wildman–Crippen MR) is 89.6 cm³/mol. The van der Waals surface area contributed by atoms with Crippen LogP contribution in [-0.2, 0) is 10.2 Å². The maximum absolute atomic E-state index is 12.7. The van der Waals surface area contributed by atoms with Gasteiger partial charge in [-0.2, -0.15) is 12.7 Å². The van der Waals surface area contributed by atoms with Gasteiger partial charge in [0.25, 0.3) is 5.91 Å². The molecule has 1 aliphatic carbocycles. The van der Waals surface area contributed by atoms with E-state index >= 15 is 0 Å². The molecule has 0 aromatic carbocycles. The second-order valence-corrected chi connectivity index (χ2v) is 8.41. The molecule has 1 amide bonds. The molecule has 1 saturated carbocycles. The van der Waals surface area contributed by atoms with Crippen molar-refractivity contribution in [2.24, 2.45) is 0 Å². The standard InChI is InChI=1S/C15H16N4O3S2/c20-15(11-2-5-13(16-8-11)14-9-23-10-17-14)19-7-1-6-18(12-3-4-12)24(19,21)22/h2,5,8-10,12H,1,3-4,6-7H2. The molecule has 0 atom stereocenters. The Hall–Kier alpha value is -1.84. The minimum absolute atomic E-state index is 0.0655. The van der Waals surface area contributed by atoms with Gasteiger partial charge in [-0.3, -0.25) is 9.78 Å². The third kappa shape index (κ3) is 2.72. The van der Waals surface area contributed by atoms with Crippen LogP contribution in [0.2, 0.25) is 0 Å². The van der Waals surface area contributed by atoms with Crippen LogP contribution < -0.4 is 0 Å². The first kappa shape index (κ1) is 15.7. The third-order valence-corrected chi connectivity index (χ3v) is 6.77. The van der Waals surface area contributed by atoms with Crippen LogP contribution in [0.25, 0.3) is 11.4 Å². The maximum atomic E-state index is 12.7. The van der Waals surface area contributed by atoms with Crippen molar-refractivity contribution in [1.29, 1.82) is 0 Å². The third-order valence-electron chi connectivity index (χ3n) is 4.20. The molecule has 4 rings (SSSR count). The normalized spacial score (nSPS) is 20.9. The minimum atomic E-state index is -3.72. The van der Waals surface area contributed by atoms with Gasteiger partial charge in [-0.05, 0) is 31.4 Å². The molecule has 1 aliphatic heterocycles. The van der Waals surface area contributed by atoms with E-state index in [0.29, 0.717) is 18.7 Å². The van der Waals surface area contributed by atoms with Gasteiger partial charge in [0, 0.05) is 30.7 Å². The summed E-state index contributed by atoms with van der Waals surface area (Å²) < 4.78 is 27.8. The van der Waals surface area contributed by atoms with E-state index in [1.165, 1.54) is 21.8 Å². The number of nitrogens with zero attached hydrogens (tertiary/aromatic N) is 4. The Morgan fingerprint density at radius 2 is 2.00 bits per heavy atom. The van der Waals surface area contributed by atoms with Gasteiger partial charge in [-0.25, -0.2) is 9.29 Å². The fourth-order valence-electron chi connectivity index (χ4n) is 2.82. The van der Waals surface area contributed by atoms with Crippen molar-refractivity contribution in [3.63, 3.8) is 0 Å². The summed E-state index contributed by atoms with van der Waals surface area (Å²) in [6.45, 7) is 0.718. The van der Waals surface area contributed by atoms with Crippen molar-refractivity contribution in [3.8, 4) is 11.4 Å². The summed E-state index contributed by atoms with van der Waals surface area (Å²) in [5.41, 5.74) is 3.39. The quantitative estimate of drug-likeness (QED) is 0.829. The lowest BCUT2D eigenvalue weighted by molar-refractivity contribution is 0.0836. The van der Waals surface area contributed by atoms with Gasteiger partial charge >= 0.3 is 10.2 Å². The van der Waals surface area contributed by atoms with E-state index in [1.54, 1.807) is 17.6 Å². The number of amides is 1. The zero-order valence-corrected chi connectivity index (χ0v) is 14.5. The Kier molecular flexibility index (Phi) is 3.86. The average molecular weight is 364 g/mol. The van der Waals surface area contributed by atoms with Crippen molar-refractivity contribution >= 4 is 27.5 Å². The van der Waals surface area contributed by atoms with Gasteiger partial charge in [-0.15, -0.1) is 11.3 Å². The number of hydrogen-bond donors (Lipinski definition) is 0. The monoisotopic (exact) mass is 364 g/mol. The van der Waals surface area contributed by atoms with E-state index in [-0.39, 0.29) is 18.2 Å². The Bertz CT molecular complexity index is 845. The summed E-state index contributed by atoms with van der Waals surface area (Å²) >= 11 is 1.47. The SMILES string of the molecule is O=C(c1ccc(-c2cscn2)nc1)N1CCCN(C2CC2)S1(=O)=O. The van der Waals surface area contributed by atoms with Crippen molar-refractivity contribution in [2.45, 2.75) is 25.3 Å². The summed E-state index contributed by atoms with van der Waals surface area (Å²) in [6.07, 6.45) is 3.84. The Morgan fingerprint density at radius 1 is 1.17 bits per heavy atom. The van der Waals surface area contributed by atoms with Crippen LogP contribution in [0.3, 0.4) is 0 Å². The molecular weight excluding hydrogens is 348 g/mol. The summed E-state index contributed by atoms with van der Waals surface area (Å²) in [6, 6.07) is 3.36. The Labute approximate surface area is 144 Å². The fraction of sp³-hybridized carbons (Fsp3) is 0.400. The van der Waals surface area contributed by atoms with Crippen LogP contribution in [0.15, 0.2) is 29.2 Å². The first-order chi connectivity index (χ1) is 11.6. The summed E-state index contributed by atoms with van der Waals surface area (Å²) in [4.78, 5) is 21.1. The molecule has 0 bridgehead atoms. The van der Waals surface area contributed by atoms with Gasteiger partial charge in [0.1, 0.15) is 0 Å². The molecular formula is C15H16N4O3S2. The van der Waals surface area contributed by atoms with Crippen LogP contribution in [0.5, 0.6) is 0 Å². The van der Waals surface area contributed by atoms with Gasteiger partial charge in [0.2, 0.25) is 0 Å². The van der Waals surface area contributed by atoms with E-state index in [0.717, 1.165) is 22.8 Å². The molecule has 0 radical (unpaired) electrons. The van der Waals surface area contributed by atoms with Gasteiger partial charge < -0.3 is 0 Å². The van der Waals surface area contributed by atoms with E-state index in [9.17, 15) is 13.2 Å². The molecule has 1 saturated heterocycles. The van der Waals surface area contributed by atoms with Crippen molar-refractivity contribution in [1.82, 2.24) is 18.6 Å². The molecule has 126 valence electrons. The van der Waals surface area contributed by atoms with E-state index in [1.807, 2.05) is 5.38 Å². The summed E-state index contributed by atoms with van der Waals surface area (Å²) in [7, 11) is -3.72. The van der Waals surface area contributed by atoms with Gasteiger partial charge in [0.15, 0.2) is 0 Å². The lowest BCUT2D eigenvalue weighted by Crippen LogP contribution is -2.52. The molecule has 9 heteroatoms. The number of carbonyl (C=O) groups excluding carboxylic acids is 1. The molecule has 2 aromatic rings. The van der Waals surface area contributed by atoms with Gasteiger partial charge in [0.05, 0.1) is 22.5 Å². The highest BCUT2D eigenvalue weighted by molar-refractivity contribution is 7.87. The number of hydrogen-bond acceptors (Lipinski definition) is 6. The smallest absolute Gasteiger partial charge is 0.268 e. The number of thiazole rings is 1. The number of aromatic nitrogens is 2. The molecule has 3 heterocycles. The predicted octanol–water partition coefficient (Wildman–Crippen LogP) is 1.76. The first-order valence-electron chi connectivity index (χ1n) is 7.76. The Balaban J connectivity index is 1.58. The number of rotatable bonds is 3. The molecule has 24 heavy (non-hydrogen) atoms. The zero-order valence-electron chi connectivity index (χ0n) is 12.8. The molecule has 0 spiro atoms. The lowest BCUT2D eigenvalue weighted by Gasteiger charge is -2.34. The highest BCUT2D eigenvalue weighted by Gasteiger charge is 2.44. The van der Waals surface area contributed by atoms with Crippen molar-refractivity contribution < 1.29 is 13.2 Å². The second-order valence-electron chi connectivity index (χ2n) is 5.89. The van der Waals surface area contributed by atoms with Crippen LogP contribution in [0.4, 0.5) is 0 Å². The topological polar surface area (TPSA) is 83.5 Å². The summed E-state index contributed by atoms with van der Waals surface area (Å²) in [5.74, 6) is -0.516. The molecule has 0 unspecified atom stereocenters. The fourth-order valence-corrected chi connectivity index (χ4v) is 5.24. The van der Waals surface area contributed by atoms with Crippen LogP contribution in [-0.4, -0.2) is 52.0 Å². The molecule has 2 aromatic heterocycles. The van der Waals surface area contributed by atoms with Crippen LogP contribution in [0, 0.1) is 0 Å². The molecule has 2 aliphatic rings. The van der Waals surface area contributed by atoms with E-state index in [2.05, 4.69) is 9.97 Å². The maximum Gasteiger partial charge on any atom is 0.306 e. The average Bonchev–Trinajstić information content (AvgIpc) is 3.26. The van der Waals surface area contributed by atoms with Crippen molar-refractivity contribution in [3.05, 3.63) is 34.8 Å². The van der Waals surface area contributed by atoms with Crippen LogP contribution >= 0.6 is 11.3 Å². The minimum Gasteiger partial charge on any atom is -0.268 e. The summed E-state index contributed by atoms with van der Waals surface area (Å²) in [5, 5.41) is 1.87. The van der Waals surface area contributed by atoms with E-state index < -0.39 is 16.1 Å².